The average Bonchev–Trinajstić information content (AvgIpc) is 3.24. The van der Waals surface area contributed by atoms with Gasteiger partial charge in [-0.1, -0.05) is 36.4 Å². The van der Waals surface area contributed by atoms with Gasteiger partial charge in [-0.05, 0) is 62.7 Å². The fourth-order valence-corrected chi connectivity index (χ4v) is 3.25. The molecule has 5 radical (unpaired) electrons. The second-order valence-corrected chi connectivity index (χ2v) is 11.1. The van der Waals surface area contributed by atoms with Gasteiger partial charge in [0.05, 0.1) is 7.11 Å². The predicted molar refractivity (Wildman–Crippen MR) is 111 cm³/mol. The Morgan fingerprint density at radius 2 is 1.40 bits per heavy atom. The molecule has 1 aromatic rings. The Morgan fingerprint density at radius 3 is 1.77 bits per heavy atom. The molecule has 30 heavy (non-hydrogen) atoms. The summed E-state index contributed by atoms with van der Waals surface area (Å²) in [5.41, 5.74) is 0.818. The summed E-state index contributed by atoms with van der Waals surface area (Å²) in [7, 11) is -0.132. The Bertz CT molecular complexity index is 665. The van der Waals surface area contributed by atoms with Crippen LogP contribution in [0.2, 0.25) is 19.6 Å². The molecule has 3 rings (SSSR count). The van der Waals surface area contributed by atoms with E-state index in [1.807, 2.05) is 50.2 Å². The van der Waals surface area contributed by atoms with Gasteiger partial charge < -0.3 is 14.0 Å². The molecule has 0 aromatic heterocycles. The maximum Gasteiger partial charge on any atom is 0.0124 e. The van der Waals surface area contributed by atoms with Gasteiger partial charge in [-0.2, -0.15) is 0 Å². The maximum atomic E-state index is 10.9. The van der Waals surface area contributed by atoms with Gasteiger partial charge in [-0.15, -0.1) is 0 Å². The van der Waals surface area contributed by atoms with E-state index < -0.39 is 14.4 Å². The molecule has 0 N–H and O–H groups in total. The zero-order chi connectivity index (χ0) is 22.3. The SMILES string of the molecule is COc1ccc(C([C-]=O)O[Si](C)(C)C)cc1.[C-]#[O+].[C-]#[O+].[CH]1[CH][C]2C=CC=C[C]2[CH]1.[Fe]. The van der Waals surface area contributed by atoms with E-state index in [0.717, 1.165) is 11.3 Å². The fourth-order valence-electron chi connectivity index (χ4n) is 2.36. The molecule has 2 aliphatic carbocycles. The molecule has 0 bridgehead atoms. The normalized spacial score (nSPS) is 15.3. The van der Waals surface area contributed by atoms with E-state index in [2.05, 4.69) is 56.9 Å². The molecule has 0 aliphatic heterocycles. The third-order valence-corrected chi connectivity index (χ3v) is 4.49. The van der Waals surface area contributed by atoms with Crippen molar-refractivity contribution < 1.29 is 40.3 Å². The molecular formula is C23H24FeO5Si-. The van der Waals surface area contributed by atoms with Crippen LogP contribution in [0, 0.1) is 44.4 Å². The van der Waals surface area contributed by atoms with Crippen molar-refractivity contribution in [2.24, 2.45) is 0 Å². The summed E-state index contributed by atoms with van der Waals surface area (Å²) in [6, 6.07) is 7.28. The van der Waals surface area contributed by atoms with E-state index in [1.54, 1.807) is 7.11 Å². The van der Waals surface area contributed by atoms with Crippen LogP contribution in [0.1, 0.15) is 11.7 Å². The van der Waals surface area contributed by atoms with Crippen molar-refractivity contribution in [3.05, 3.63) is 98.5 Å². The van der Waals surface area contributed by atoms with Crippen molar-refractivity contribution in [2.75, 3.05) is 7.11 Å². The first kappa shape index (κ1) is 30.5. The van der Waals surface area contributed by atoms with Crippen LogP contribution in [0.3, 0.4) is 0 Å². The van der Waals surface area contributed by atoms with E-state index >= 15 is 0 Å². The van der Waals surface area contributed by atoms with Crippen LogP contribution in [-0.2, 0) is 35.6 Å². The van der Waals surface area contributed by atoms with Crippen molar-refractivity contribution in [3.63, 3.8) is 0 Å². The minimum Gasteiger partial charge on any atom is -0.0762 e. The molecule has 0 amide bonds. The van der Waals surface area contributed by atoms with Gasteiger partial charge >= 0.3 is 22.6 Å². The Hall–Kier alpha value is -1.65. The van der Waals surface area contributed by atoms with E-state index in [1.165, 1.54) is 11.8 Å². The van der Waals surface area contributed by atoms with E-state index in [9.17, 15) is 4.79 Å². The van der Waals surface area contributed by atoms with E-state index in [0.29, 0.717) is 0 Å². The molecule has 2 aliphatic rings. The summed E-state index contributed by atoms with van der Waals surface area (Å²) >= 11 is 0. The summed E-state index contributed by atoms with van der Waals surface area (Å²) in [6.07, 6.45) is 16.0. The molecule has 1 fully saturated rings. The number of hydrogen-bond donors (Lipinski definition) is 0. The minimum absolute atomic E-state index is 0. The number of methoxy groups -OCH3 is 1. The van der Waals surface area contributed by atoms with Gasteiger partial charge in [0.2, 0.25) is 0 Å². The van der Waals surface area contributed by atoms with Crippen LogP contribution < -0.4 is 4.74 Å². The number of fused-ring (bicyclic) bond motifs is 1. The molecule has 5 nitrogen and oxygen atoms in total. The number of ether oxygens (including phenoxy) is 1. The van der Waals surface area contributed by atoms with Gasteiger partial charge in [0.25, 0.3) is 0 Å². The number of carbonyl (C=O) groups excluding carboxylic acids is 1. The Morgan fingerprint density at radius 1 is 0.933 bits per heavy atom. The first-order valence-electron chi connectivity index (χ1n) is 8.63. The quantitative estimate of drug-likeness (QED) is 0.366. The molecule has 0 spiro atoms. The zero-order valence-electron chi connectivity index (χ0n) is 17.3. The summed E-state index contributed by atoms with van der Waals surface area (Å²) in [6.45, 7) is 15.1. The van der Waals surface area contributed by atoms with Gasteiger partial charge in [0.15, 0.2) is 8.32 Å². The van der Waals surface area contributed by atoms with Crippen molar-refractivity contribution in [2.45, 2.75) is 25.7 Å². The maximum absolute atomic E-state index is 10.9. The largest absolute Gasteiger partial charge is 0.0762 e. The van der Waals surface area contributed by atoms with Crippen LogP contribution in [-0.4, -0.2) is 21.7 Å². The first-order valence-corrected chi connectivity index (χ1v) is 12.0. The van der Waals surface area contributed by atoms with Gasteiger partial charge in [-0.25, -0.2) is 6.29 Å². The monoisotopic (exact) mass is 464 g/mol. The van der Waals surface area contributed by atoms with Crippen molar-refractivity contribution in [3.8, 4) is 5.75 Å². The Labute approximate surface area is 192 Å². The van der Waals surface area contributed by atoms with Crippen LogP contribution in [0.5, 0.6) is 5.75 Å². The number of allylic oxidation sites excluding steroid dienone is 4. The summed E-state index contributed by atoms with van der Waals surface area (Å²) in [5.74, 6) is 3.43. The molecule has 159 valence electrons. The second-order valence-electron chi connectivity index (χ2n) is 6.66. The third kappa shape index (κ3) is 11.5. The first-order chi connectivity index (χ1) is 13.9. The molecule has 1 atom stereocenters. The summed E-state index contributed by atoms with van der Waals surface area (Å²) < 4.78 is 25.8. The number of benzene rings is 1. The number of rotatable bonds is 5. The number of hydrogen-bond acceptors (Lipinski definition) is 3. The summed E-state index contributed by atoms with van der Waals surface area (Å²) in [4.78, 5) is 10.9. The fraction of sp³-hybridized carbons (Fsp3) is 0.217. The Balaban J connectivity index is 0. The molecule has 0 heterocycles. The Kier molecular flexibility index (Phi) is 17.4. The molecular weight excluding hydrogens is 440 g/mol. The van der Waals surface area contributed by atoms with Crippen LogP contribution in [0.25, 0.3) is 0 Å². The minimum atomic E-state index is -1.74. The van der Waals surface area contributed by atoms with Gasteiger partial charge in [0, 0.05) is 28.9 Å². The van der Waals surface area contributed by atoms with Crippen molar-refractivity contribution >= 4 is 14.6 Å². The smallest absolute Gasteiger partial charge is 0.0124 e. The zero-order valence-corrected chi connectivity index (χ0v) is 19.4. The molecule has 1 unspecified atom stereocenters. The molecule has 1 saturated carbocycles. The van der Waals surface area contributed by atoms with Crippen LogP contribution >= 0.6 is 0 Å². The van der Waals surface area contributed by atoms with Crippen LogP contribution in [0.4, 0.5) is 0 Å². The van der Waals surface area contributed by atoms with E-state index in [4.69, 9.17) is 18.5 Å². The molecule has 1 aromatic carbocycles. The average molecular weight is 464 g/mol. The van der Waals surface area contributed by atoms with Gasteiger partial charge in [0.1, 0.15) is 5.75 Å². The van der Waals surface area contributed by atoms with Crippen molar-refractivity contribution in [1.82, 2.24) is 0 Å². The topological polar surface area (TPSA) is 75.3 Å². The third-order valence-electron chi connectivity index (χ3n) is 3.54. The predicted octanol–water partition coefficient (Wildman–Crippen LogP) is 4.51. The molecule has 7 heteroatoms. The standard InChI is InChI=1S/C12H17O3Si.C9H7.2CO.Fe/c1-14-11-7-5-10(6-8-11)12(9-13)15-16(2,3)4;1-2-5-9-7-3-6-8(9)4-1;2*1-2;/h5-8,12H,1-4H3;1-7H;;;/q-1;;;;. The van der Waals surface area contributed by atoms with Crippen molar-refractivity contribution in [1.29, 1.82) is 0 Å². The van der Waals surface area contributed by atoms with Crippen LogP contribution in [0.15, 0.2) is 48.6 Å². The summed E-state index contributed by atoms with van der Waals surface area (Å²) in [5, 5.41) is 0. The molecule has 0 saturated heterocycles. The second kappa shape index (κ2) is 17.1. The van der Waals surface area contributed by atoms with E-state index in [-0.39, 0.29) is 17.1 Å². The van der Waals surface area contributed by atoms with Gasteiger partial charge in [-0.3, -0.25) is 0 Å².